The second-order valence-electron chi connectivity index (χ2n) is 5.63. The van der Waals surface area contributed by atoms with Gasteiger partial charge in [-0.1, -0.05) is 23.9 Å². The number of methoxy groups -OCH3 is 1. The van der Waals surface area contributed by atoms with Gasteiger partial charge >= 0.3 is 0 Å². The Labute approximate surface area is 162 Å². The van der Waals surface area contributed by atoms with E-state index < -0.39 is 10.0 Å². The average Bonchev–Trinajstić information content (AvgIpc) is 2.67. The molecule has 0 bridgehead atoms. The van der Waals surface area contributed by atoms with Crippen LogP contribution < -0.4 is 15.0 Å². The van der Waals surface area contributed by atoms with E-state index >= 15 is 0 Å². The minimum atomic E-state index is -3.77. The molecule has 0 atom stereocenters. The Kier molecular flexibility index (Phi) is 5.71. The average molecular weight is 406 g/mol. The third-order valence-electron chi connectivity index (χ3n) is 3.89. The van der Waals surface area contributed by atoms with Crippen molar-refractivity contribution in [1.82, 2.24) is 0 Å². The van der Waals surface area contributed by atoms with Gasteiger partial charge in [-0.3, -0.25) is 4.79 Å². The van der Waals surface area contributed by atoms with Crippen LogP contribution in [0.5, 0.6) is 5.75 Å². The summed E-state index contributed by atoms with van der Waals surface area (Å²) in [5.41, 5.74) is 1.21. The molecule has 1 N–H and O–H groups in total. The molecule has 27 heavy (non-hydrogen) atoms. The maximum absolute atomic E-state index is 12.4. The van der Waals surface area contributed by atoms with Crippen LogP contribution in [-0.4, -0.2) is 38.9 Å². The lowest BCUT2D eigenvalue weighted by Crippen LogP contribution is -2.34. The van der Waals surface area contributed by atoms with Crippen molar-refractivity contribution in [3.8, 4) is 5.75 Å². The molecule has 3 rings (SSSR count). The first-order valence-electron chi connectivity index (χ1n) is 8.23. The monoisotopic (exact) mass is 405 g/mol. The predicted octanol–water partition coefficient (Wildman–Crippen LogP) is 2.95. The van der Waals surface area contributed by atoms with Crippen molar-refractivity contribution in [3.63, 3.8) is 0 Å². The third kappa shape index (κ3) is 4.25. The second-order valence-corrected chi connectivity index (χ2v) is 8.14. The highest BCUT2D eigenvalue weighted by atomic mass is 32.2. The second kappa shape index (κ2) is 8.01. The van der Waals surface area contributed by atoms with E-state index in [-0.39, 0.29) is 16.6 Å². The molecule has 0 fully saturated rings. The number of carbonyl (C=O) groups excluding carboxylic acids is 1. The van der Waals surface area contributed by atoms with Gasteiger partial charge in [-0.25, -0.2) is 0 Å². The molecule has 0 saturated carbocycles. The normalized spacial score (nSPS) is 14.9. The molecule has 0 aliphatic carbocycles. The van der Waals surface area contributed by atoms with E-state index in [4.69, 9.17) is 4.74 Å². The summed E-state index contributed by atoms with van der Waals surface area (Å²) in [6.07, 6.45) is 0. The summed E-state index contributed by atoms with van der Waals surface area (Å²) >= 11 is 1.09. The van der Waals surface area contributed by atoms with Crippen LogP contribution in [0.1, 0.15) is 6.92 Å². The van der Waals surface area contributed by atoms with Crippen LogP contribution in [0.4, 0.5) is 11.4 Å². The lowest BCUT2D eigenvalue weighted by molar-refractivity contribution is -0.113. The Morgan fingerprint density at radius 3 is 2.56 bits per heavy atom. The first kappa shape index (κ1) is 19.2. The number of amides is 1. The van der Waals surface area contributed by atoms with E-state index in [1.54, 1.807) is 54.5 Å². The number of nitrogens with zero attached hydrogens (tertiary/aromatic N) is 2. The molecule has 2 aromatic carbocycles. The van der Waals surface area contributed by atoms with Crippen molar-refractivity contribution < 1.29 is 17.9 Å². The maximum atomic E-state index is 12.4. The summed E-state index contributed by atoms with van der Waals surface area (Å²) in [6, 6.07) is 13.7. The van der Waals surface area contributed by atoms with Crippen LogP contribution in [0.15, 0.2) is 57.8 Å². The van der Waals surface area contributed by atoms with Crippen LogP contribution in [0, 0.1) is 0 Å². The van der Waals surface area contributed by atoms with Gasteiger partial charge in [-0.05, 0) is 43.3 Å². The van der Waals surface area contributed by atoms with E-state index in [2.05, 4.69) is 9.71 Å². The van der Waals surface area contributed by atoms with Crippen LogP contribution in [0.25, 0.3) is 0 Å². The third-order valence-corrected chi connectivity index (χ3v) is 6.29. The summed E-state index contributed by atoms with van der Waals surface area (Å²) in [4.78, 5) is 14.2. The molecule has 0 aromatic heterocycles. The molecule has 0 spiro atoms. The number of hydrogen-bond acceptors (Lipinski definition) is 6. The zero-order valence-corrected chi connectivity index (χ0v) is 16.5. The Hall–Kier alpha value is -2.52. The number of nitrogens with one attached hydrogen (secondary N) is 1. The maximum Gasteiger partial charge on any atom is 0.286 e. The first-order chi connectivity index (χ1) is 12.9. The molecule has 7 nitrogen and oxygen atoms in total. The summed E-state index contributed by atoms with van der Waals surface area (Å²) < 4.78 is 33.8. The van der Waals surface area contributed by atoms with Gasteiger partial charge in [-0.2, -0.15) is 8.42 Å². The van der Waals surface area contributed by atoms with E-state index in [0.29, 0.717) is 28.8 Å². The van der Waals surface area contributed by atoms with Crippen molar-refractivity contribution >= 4 is 44.2 Å². The minimum absolute atomic E-state index is 0.0407. The molecular formula is C18H19N3O4S2. The van der Waals surface area contributed by atoms with Gasteiger partial charge in [0.2, 0.25) is 5.91 Å². The van der Waals surface area contributed by atoms with Gasteiger partial charge < -0.3 is 15.0 Å². The standard InChI is InChI=1S/C18H19N3O4S2/c1-3-21-15-6-4-5-7-16(15)27(23,24)20-18(21)26-12-17(22)19-13-8-10-14(25-2)11-9-13/h4-11H,3,12H2,1-2H3,(H,19,22). The van der Waals surface area contributed by atoms with Crippen LogP contribution in [0.2, 0.25) is 0 Å². The van der Waals surface area contributed by atoms with Crippen molar-refractivity contribution in [1.29, 1.82) is 0 Å². The highest BCUT2D eigenvalue weighted by Crippen LogP contribution is 2.33. The quantitative estimate of drug-likeness (QED) is 0.823. The van der Waals surface area contributed by atoms with E-state index in [1.165, 1.54) is 6.07 Å². The molecule has 9 heteroatoms. The zero-order chi connectivity index (χ0) is 19.4. The van der Waals surface area contributed by atoms with Crippen molar-refractivity contribution in [2.24, 2.45) is 4.40 Å². The Morgan fingerprint density at radius 2 is 1.89 bits per heavy atom. The SMILES string of the molecule is CCN1C(SCC(=O)Nc2ccc(OC)cc2)=NS(=O)(=O)c2ccccc21. The van der Waals surface area contributed by atoms with Crippen molar-refractivity contribution in [2.75, 3.05) is 29.6 Å². The minimum Gasteiger partial charge on any atom is -0.497 e. The number of sulfonamides is 1. The fourth-order valence-corrected chi connectivity index (χ4v) is 4.93. The molecule has 0 unspecified atom stereocenters. The fraction of sp³-hybridized carbons (Fsp3) is 0.222. The van der Waals surface area contributed by atoms with E-state index in [0.717, 1.165) is 11.8 Å². The highest BCUT2D eigenvalue weighted by molar-refractivity contribution is 8.15. The lowest BCUT2D eigenvalue weighted by Gasteiger charge is -2.29. The van der Waals surface area contributed by atoms with Crippen LogP contribution in [-0.2, 0) is 14.8 Å². The Bertz CT molecular complexity index is 972. The number of fused-ring (bicyclic) bond motifs is 1. The van der Waals surface area contributed by atoms with Crippen molar-refractivity contribution in [3.05, 3.63) is 48.5 Å². The van der Waals surface area contributed by atoms with Gasteiger partial charge in [0.25, 0.3) is 10.0 Å². The molecule has 1 heterocycles. The lowest BCUT2D eigenvalue weighted by atomic mass is 10.3. The first-order valence-corrected chi connectivity index (χ1v) is 10.7. The van der Waals surface area contributed by atoms with E-state index in [9.17, 15) is 13.2 Å². The number of para-hydroxylation sites is 1. The number of benzene rings is 2. The number of carbonyl (C=O) groups is 1. The zero-order valence-electron chi connectivity index (χ0n) is 14.9. The largest absolute Gasteiger partial charge is 0.497 e. The number of anilines is 2. The van der Waals surface area contributed by atoms with E-state index in [1.807, 2.05) is 6.92 Å². The summed E-state index contributed by atoms with van der Waals surface area (Å²) in [7, 11) is -2.20. The summed E-state index contributed by atoms with van der Waals surface area (Å²) in [5, 5.41) is 3.06. The Balaban J connectivity index is 1.71. The molecule has 1 amide bonds. The topological polar surface area (TPSA) is 88.1 Å². The van der Waals surface area contributed by atoms with Gasteiger partial charge in [0.1, 0.15) is 10.6 Å². The summed E-state index contributed by atoms with van der Waals surface area (Å²) in [6.45, 7) is 2.45. The highest BCUT2D eigenvalue weighted by Gasteiger charge is 2.30. The molecule has 1 aliphatic heterocycles. The molecule has 142 valence electrons. The smallest absolute Gasteiger partial charge is 0.286 e. The molecule has 0 saturated heterocycles. The molecular weight excluding hydrogens is 386 g/mol. The number of rotatable bonds is 5. The van der Waals surface area contributed by atoms with Crippen LogP contribution in [0.3, 0.4) is 0 Å². The number of ether oxygens (including phenoxy) is 1. The van der Waals surface area contributed by atoms with Gasteiger partial charge in [0.05, 0.1) is 18.6 Å². The van der Waals surface area contributed by atoms with Gasteiger partial charge in [0, 0.05) is 12.2 Å². The molecule has 2 aromatic rings. The number of hydrogen-bond donors (Lipinski definition) is 1. The van der Waals surface area contributed by atoms with Crippen LogP contribution >= 0.6 is 11.8 Å². The number of thioether (sulfide) groups is 1. The predicted molar refractivity (Wildman–Crippen MR) is 108 cm³/mol. The summed E-state index contributed by atoms with van der Waals surface area (Å²) in [5.74, 6) is 0.487. The van der Waals surface area contributed by atoms with Gasteiger partial charge in [-0.15, -0.1) is 4.40 Å². The van der Waals surface area contributed by atoms with Crippen molar-refractivity contribution in [2.45, 2.75) is 11.8 Å². The number of amidine groups is 1. The fourth-order valence-electron chi connectivity index (χ4n) is 2.61. The Morgan fingerprint density at radius 1 is 1.19 bits per heavy atom. The molecule has 0 radical (unpaired) electrons. The molecule has 1 aliphatic rings. The van der Waals surface area contributed by atoms with Gasteiger partial charge in [0.15, 0.2) is 5.17 Å².